The summed E-state index contributed by atoms with van der Waals surface area (Å²) in [5, 5.41) is 12.3. The van der Waals surface area contributed by atoms with Crippen molar-refractivity contribution < 1.29 is 14.6 Å². The van der Waals surface area contributed by atoms with Crippen molar-refractivity contribution in [1.82, 2.24) is 0 Å². The smallest absolute Gasteiger partial charge is 0.255 e. The molecule has 0 saturated carbocycles. The molecule has 2 aromatic rings. The molecule has 5 heteroatoms. The topological polar surface area (TPSA) is 61.8 Å². The van der Waals surface area contributed by atoms with Crippen molar-refractivity contribution in [1.29, 1.82) is 0 Å². The number of aliphatic hydroxyl groups is 1. The van der Waals surface area contributed by atoms with Crippen LogP contribution >= 0.6 is 0 Å². The zero-order valence-electron chi connectivity index (χ0n) is 14.4. The molecule has 0 aliphatic carbocycles. The van der Waals surface area contributed by atoms with Gasteiger partial charge in [-0.25, -0.2) is 0 Å². The number of rotatable bonds is 5. The minimum absolute atomic E-state index is 0.156. The number of hydrogen-bond acceptors (Lipinski definition) is 4. The second kappa shape index (κ2) is 8.03. The average molecular weight is 340 g/mol. The number of carbonyl (C=O) groups is 1. The summed E-state index contributed by atoms with van der Waals surface area (Å²) >= 11 is 0. The number of carbonyl (C=O) groups excluding carboxylic acids is 1. The number of amides is 1. The van der Waals surface area contributed by atoms with Gasteiger partial charge in [-0.2, -0.15) is 0 Å². The van der Waals surface area contributed by atoms with Crippen LogP contribution in [0, 0.1) is 5.92 Å². The van der Waals surface area contributed by atoms with Gasteiger partial charge in [0, 0.05) is 25.3 Å². The lowest BCUT2D eigenvalue weighted by Crippen LogP contribution is -2.35. The highest BCUT2D eigenvalue weighted by molar-refractivity contribution is 6.06. The number of para-hydroxylation sites is 2. The largest absolute Gasteiger partial charge is 0.497 e. The average Bonchev–Trinajstić information content (AvgIpc) is 2.68. The highest BCUT2D eigenvalue weighted by Crippen LogP contribution is 2.30. The summed E-state index contributed by atoms with van der Waals surface area (Å²) in [6.45, 7) is 2.02. The Hall–Kier alpha value is -2.53. The Balaban J connectivity index is 1.75. The molecule has 1 saturated heterocycles. The Morgan fingerprint density at radius 1 is 1.20 bits per heavy atom. The molecule has 0 aromatic heterocycles. The second-order valence-corrected chi connectivity index (χ2v) is 6.32. The molecule has 0 bridgehead atoms. The lowest BCUT2D eigenvalue weighted by molar-refractivity contribution is 0.102. The van der Waals surface area contributed by atoms with Crippen LogP contribution in [0.3, 0.4) is 0 Å². The van der Waals surface area contributed by atoms with Crippen molar-refractivity contribution in [3.05, 3.63) is 54.1 Å². The molecule has 1 heterocycles. The maximum absolute atomic E-state index is 12.6. The van der Waals surface area contributed by atoms with Gasteiger partial charge >= 0.3 is 0 Å². The Kier molecular flexibility index (Phi) is 5.56. The minimum Gasteiger partial charge on any atom is -0.497 e. The van der Waals surface area contributed by atoms with E-state index in [-0.39, 0.29) is 12.5 Å². The molecule has 0 unspecified atom stereocenters. The number of methoxy groups -OCH3 is 1. The summed E-state index contributed by atoms with van der Waals surface area (Å²) in [5.41, 5.74) is 2.39. The predicted octanol–water partition coefficient (Wildman–Crippen LogP) is 3.16. The molecule has 1 fully saturated rings. The summed E-state index contributed by atoms with van der Waals surface area (Å²) in [6, 6.07) is 15.0. The van der Waals surface area contributed by atoms with E-state index >= 15 is 0 Å². The first-order valence-corrected chi connectivity index (χ1v) is 8.61. The molecule has 0 atom stereocenters. The van der Waals surface area contributed by atoms with Gasteiger partial charge in [-0.05, 0) is 49.1 Å². The Labute approximate surface area is 148 Å². The third-order valence-electron chi connectivity index (χ3n) is 4.70. The SMILES string of the molecule is COc1cccc(C(=O)Nc2ccccc2N2CCC(CO)CC2)c1. The van der Waals surface area contributed by atoms with Crippen LogP contribution in [0.4, 0.5) is 11.4 Å². The zero-order chi connectivity index (χ0) is 17.6. The number of hydrogen-bond donors (Lipinski definition) is 2. The van der Waals surface area contributed by atoms with Crippen LogP contribution in [0.15, 0.2) is 48.5 Å². The number of piperidine rings is 1. The molecular weight excluding hydrogens is 316 g/mol. The van der Waals surface area contributed by atoms with Gasteiger partial charge in [0.2, 0.25) is 0 Å². The van der Waals surface area contributed by atoms with Crippen molar-refractivity contribution in [3.8, 4) is 5.75 Å². The Morgan fingerprint density at radius 3 is 2.68 bits per heavy atom. The lowest BCUT2D eigenvalue weighted by atomic mass is 9.97. The van der Waals surface area contributed by atoms with Gasteiger partial charge in [-0.15, -0.1) is 0 Å². The Bertz CT molecular complexity index is 724. The van der Waals surface area contributed by atoms with Gasteiger partial charge in [0.1, 0.15) is 5.75 Å². The maximum Gasteiger partial charge on any atom is 0.255 e. The first-order chi connectivity index (χ1) is 12.2. The maximum atomic E-state index is 12.6. The molecule has 0 radical (unpaired) electrons. The van der Waals surface area contributed by atoms with Crippen LogP contribution in [0.25, 0.3) is 0 Å². The van der Waals surface area contributed by atoms with Gasteiger partial charge < -0.3 is 20.1 Å². The first kappa shape index (κ1) is 17.3. The second-order valence-electron chi connectivity index (χ2n) is 6.32. The fourth-order valence-electron chi connectivity index (χ4n) is 3.17. The van der Waals surface area contributed by atoms with Crippen LogP contribution in [0.5, 0.6) is 5.75 Å². The number of benzene rings is 2. The van der Waals surface area contributed by atoms with Crippen molar-refractivity contribution >= 4 is 17.3 Å². The van der Waals surface area contributed by atoms with Gasteiger partial charge in [-0.3, -0.25) is 4.79 Å². The molecule has 2 N–H and O–H groups in total. The van der Waals surface area contributed by atoms with E-state index in [1.807, 2.05) is 30.3 Å². The molecule has 0 spiro atoms. The molecule has 3 rings (SSSR count). The summed E-state index contributed by atoms with van der Waals surface area (Å²) in [5.74, 6) is 0.887. The van der Waals surface area contributed by atoms with E-state index in [9.17, 15) is 9.90 Å². The fraction of sp³-hybridized carbons (Fsp3) is 0.350. The lowest BCUT2D eigenvalue weighted by Gasteiger charge is -2.34. The van der Waals surface area contributed by atoms with Gasteiger partial charge in [0.15, 0.2) is 0 Å². The summed E-state index contributed by atoms with van der Waals surface area (Å²) in [4.78, 5) is 14.9. The summed E-state index contributed by atoms with van der Waals surface area (Å²) < 4.78 is 5.19. The van der Waals surface area contributed by atoms with Gasteiger partial charge in [0.05, 0.1) is 18.5 Å². The van der Waals surface area contributed by atoms with E-state index in [1.165, 1.54) is 0 Å². The van der Waals surface area contributed by atoms with Crippen molar-refractivity contribution in [2.24, 2.45) is 5.92 Å². The van der Waals surface area contributed by atoms with Crippen molar-refractivity contribution in [3.63, 3.8) is 0 Å². The van der Waals surface area contributed by atoms with E-state index in [2.05, 4.69) is 10.2 Å². The molecule has 1 aliphatic rings. The molecule has 25 heavy (non-hydrogen) atoms. The number of ether oxygens (including phenoxy) is 1. The number of anilines is 2. The number of nitrogens with one attached hydrogen (secondary N) is 1. The predicted molar refractivity (Wildman–Crippen MR) is 99.4 cm³/mol. The highest BCUT2D eigenvalue weighted by Gasteiger charge is 2.21. The third kappa shape index (κ3) is 4.12. The van der Waals surface area contributed by atoms with Gasteiger partial charge in [0.25, 0.3) is 5.91 Å². The molecule has 1 amide bonds. The van der Waals surface area contributed by atoms with Crippen LogP contribution in [-0.4, -0.2) is 37.8 Å². The van der Waals surface area contributed by atoms with E-state index in [1.54, 1.807) is 25.3 Å². The van der Waals surface area contributed by atoms with Crippen LogP contribution in [0.2, 0.25) is 0 Å². The molecular formula is C20H24N2O3. The normalized spacial score (nSPS) is 15.0. The quantitative estimate of drug-likeness (QED) is 0.878. The molecule has 5 nitrogen and oxygen atoms in total. The zero-order valence-corrected chi connectivity index (χ0v) is 14.4. The summed E-state index contributed by atoms with van der Waals surface area (Å²) in [7, 11) is 1.59. The van der Waals surface area contributed by atoms with E-state index in [0.717, 1.165) is 37.3 Å². The third-order valence-corrected chi connectivity index (χ3v) is 4.70. The highest BCUT2D eigenvalue weighted by atomic mass is 16.5. The van der Waals surface area contributed by atoms with E-state index in [4.69, 9.17) is 4.74 Å². The van der Waals surface area contributed by atoms with Crippen LogP contribution in [0.1, 0.15) is 23.2 Å². The fourth-order valence-corrected chi connectivity index (χ4v) is 3.17. The number of aliphatic hydroxyl groups excluding tert-OH is 1. The first-order valence-electron chi connectivity index (χ1n) is 8.61. The van der Waals surface area contributed by atoms with Crippen molar-refractivity contribution in [2.75, 3.05) is 37.0 Å². The van der Waals surface area contributed by atoms with Crippen molar-refractivity contribution in [2.45, 2.75) is 12.8 Å². The molecule has 2 aromatic carbocycles. The summed E-state index contributed by atoms with van der Waals surface area (Å²) in [6.07, 6.45) is 1.93. The van der Waals surface area contributed by atoms with E-state index in [0.29, 0.717) is 17.2 Å². The number of nitrogens with zero attached hydrogens (tertiary/aromatic N) is 1. The van der Waals surface area contributed by atoms with Crippen LogP contribution in [-0.2, 0) is 0 Å². The minimum atomic E-state index is -0.156. The standard InChI is InChI=1S/C20H24N2O3/c1-25-17-6-4-5-16(13-17)20(24)21-18-7-2-3-8-19(18)22-11-9-15(14-23)10-12-22/h2-8,13,15,23H,9-12,14H2,1H3,(H,21,24). The van der Waals surface area contributed by atoms with E-state index < -0.39 is 0 Å². The Morgan fingerprint density at radius 2 is 1.96 bits per heavy atom. The van der Waals surface area contributed by atoms with Crippen LogP contribution < -0.4 is 15.0 Å². The monoisotopic (exact) mass is 340 g/mol. The van der Waals surface area contributed by atoms with Gasteiger partial charge in [-0.1, -0.05) is 18.2 Å². The molecule has 132 valence electrons. The molecule has 1 aliphatic heterocycles.